The van der Waals surface area contributed by atoms with E-state index in [1.54, 1.807) is 0 Å². The van der Waals surface area contributed by atoms with Crippen LogP contribution in [0.3, 0.4) is 0 Å². The number of hydrogen-bond donors (Lipinski definition) is 1. The van der Waals surface area contributed by atoms with Crippen LogP contribution in [-0.2, 0) is 13.1 Å². The fraction of sp³-hybridized carbons (Fsp3) is 0.571. The van der Waals surface area contributed by atoms with Crippen molar-refractivity contribution in [3.8, 4) is 0 Å². The minimum atomic E-state index is 0. The molecule has 2 aromatic rings. The van der Waals surface area contributed by atoms with Crippen molar-refractivity contribution in [2.24, 2.45) is 0 Å². The molecular weight excluding hydrogens is 274 g/mol. The molecule has 0 aliphatic carbocycles. The number of halogens is 1. The zero-order chi connectivity index (χ0) is 13.8. The molecule has 0 saturated carbocycles. The molecule has 0 spiro atoms. The molecule has 0 aliphatic rings. The van der Waals surface area contributed by atoms with Gasteiger partial charge >= 0.3 is 0 Å². The SMILES string of the molecule is CCCn1cc(NCc2cn(C(C)C)nc2C)cn1.Cl. The Balaban J connectivity index is 0.00000200. The van der Waals surface area contributed by atoms with Crippen molar-refractivity contribution in [2.45, 2.75) is 53.2 Å². The van der Waals surface area contributed by atoms with E-state index in [9.17, 15) is 0 Å². The summed E-state index contributed by atoms with van der Waals surface area (Å²) < 4.78 is 3.97. The van der Waals surface area contributed by atoms with Crippen molar-refractivity contribution >= 4 is 18.1 Å². The van der Waals surface area contributed by atoms with Crippen LogP contribution >= 0.6 is 12.4 Å². The number of rotatable bonds is 6. The largest absolute Gasteiger partial charge is 0.378 e. The third-order valence-corrected chi connectivity index (χ3v) is 3.12. The molecule has 2 aromatic heterocycles. The minimum absolute atomic E-state index is 0. The van der Waals surface area contributed by atoms with Gasteiger partial charge in [0.05, 0.1) is 17.6 Å². The monoisotopic (exact) mass is 297 g/mol. The van der Waals surface area contributed by atoms with E-state index in [-0.39, 0.29) is 12.4 Å². The standard InChI is InChI=1S/C14H23N5.ClH/c1-5-6-18-10-14(8-16-18)15-7-13-9-19(11(2)3)17-12(13)4;/h8-11,15H,5-7H2,1-4H3;1H. The maximum Gasteiger partial charge on any atom is 0.0729 e. The first-order valence-corrected chi connectivity index (χ1v) is 6.91. The first-order chi connectivity index (χ1) is 9.10. The number of nitrogens with one attached hydrogen (secondary N) is 1. The van der Waals surface area contributed by atoms with Crippen LogP contribution in [0.5, 0.6) is 0 Å². The summed E-state index contributed by atoms with van der Waals surface area (Å²) in [6.07, 6.45) is 7.13. The number of aryl methyl sites for hydroxylation is 2. The summed E-state index contributed by atoms with van der Waals surface area (Å²) in [7, 11) is 0. The van der Waals surface area contributed by atoms with E-state index in [1.165, 1.54) is 5.56 Å². The second-order valence-corrected chi connectivity index (χ2v) is 5.16. The Labute approximate surface area is 126 Å². The highest BCUT2D eigenvalue weighted by Crippen LogP contribution is 2.13. The maximum absolute atomic E-state index is 4.51. The molecule has 1 N–H and O–H groups in total. The van der Waals surface area contributed by atoms with Crippen LogP contribution in [0.2, 0.25) is 0 Å². The number of nitrogens with zero attached hydrogens (tertiary/aromatic N) is 4. The van der Waals surface area contributed by atoms with Gasteiger partial charge in [0, 0.05) is 37.1 Å². The molecule has 0 radical (unpaired) electrons. The van der Waals surface area contributed by atoms with E-state index in [0.29, 0.717) is 6.04 Å². The zero-order valence-corrected chi connectivity index (χ0v) is 13.4. The second-order valence-electron chi connectivity index (χ2n) is 5.16. The Morgan fingerprint density at radius 3 is 2.65 bits per heavy atom. The lowest BCUT2D eigenvalue weighted by atomic mass is 10.2. The van der Waals surface area contributed by atoms with Gasteiger partial charge in [0.15, 0.2) is 0 Å². The first-order valence-electron chi connectivity index (χ1n) is 6.91. The lowest BCUT2D eigenvalue weighted by Crippen LogP contribution is -2.01. The van der Waals surface area contributed by atoms with Gasteiger partial charge in [-0.25, -0.2) is 0 Å². The molecular formula is C14H24ClN5. The molecule has 0 atom stereocenters. The van der Waals surface area contributed by atoms with Gasteiger partial charge in [-0.3, -0.25) is 9.36 Å². The summed E-state index contributed by atoms with van der Waals surface area (Å²) in [4.78, 5) is 0. The van der Waals surface area contributed by atoms with Gasteiger partial charge < -0.3 is 5.32 Å². The minimum Gasteiger partial charge on any atom is -0.378 e. The van der Waals surface area contributed by atoms with E-state index in [1.807, 2.05) is 21.8 Å². The summed E-state index contributed by atoms with van der Waals surface area (Å²) >= 11 is 0. The average molecular weight is 298 g/mol. The van der Waals surface area contributed by atoms with Crippen LogP contribution in [-0.4, -0.2) is 19.6 Å². The molecule has 0 saturated heterocycles. The van der Waals surface area contributed by atoms with Gasteiger partial charge in [0.1, 0.15) is 0 Å². The van der Waals surface area contributed by atoms with Crippen molar-refractivity contribution in [1.29, 1.82) is 0 Å². The van der Waals surface area contributed by atoms with Crippen molar-refractivity contribution in [3.63, 3.8) is 0 Å². The Morgan fingerprint density at radius 1 is 1.30 bits per heavy atom. The van der Waals surface area contributed by atoms with Crippen molar-refractivity contribution in [3.05, 3.63) is 29.8 Å². The van der Waals surface area contributed by atoms with Crippen LogP contribution in [0, 0.1) is 6.92 Å². The fourth-order valence-electron chi connectivity index (χ4n) is 1.96. The Morgan fingerprint density at radius 2 is 2.05 bits per heavy atom. The predicted molar refractivity (Wildman–Crippen MR) is 84.4 cm³/mol. The van der Waals surface area contributed by atoms with Gasteiger partial charge in [-0.15, -0.1) is 12.4 Å². The van der Waals surface area contributed by atoms with Crippen molar-refractivity contribution < 1.29 is 0 Å². The molecule has 0 amide bonds. The number of anilines is 1. The number of hydrogen-bond acceptors (Lipinski definition) is 3. The topological polar surface area (TPSA) is 47.7 Å². The predicted octanol–water partition coefficient (Wildman–Crippen LogP) is 3.41. The van der Waals surface area contributed by atoms with E-state index >= 15 is 0 Å². The summed E-state index contributed by atoms with van der Waals surface area (Å²) in [6.45, 7) is 10.2. The molecule has 0 aromatic carbocycles. The molecule has 0 fully saturated rings. The normalized spacial score (nSPS) is 10.7. The van der Waals surface area contributed by atoms with Crippen LogP contribution in [0.1, 0.15) is 44.5 Å². The second kappa shape index (κ2) is 7.33. The fourth-order valence-corrected chi connectivity index (χ4v) is 1.96. The molecule has 0 aliphatic heterocycles. The third kappa shape index (κ3) is 4.00. The lowest BCUT2D eigenvalue weighted by molar-refractivity contribution is 0.529. The van der Waals surface area contributed by atoms with E-state index in [0.717, 1.165) is 30.9 Å². The molecule has 2 heterocycles. The molecule has 112 valence electrons. The highest BCUT2D eigenvalue weighted by molar-refractivity contribution is 5.85. The smallest absolute Gasteiger partial charge is 0.0729 e. The van der Waals surface area contributed by atoms with Crippen LogP contribution in [0.25, 0.3) is 0 Å². The van der Waals surface area contributed by atoms with E-state index in [2.05, 4.69) is 49.4 Å². The summed E-state index contributed by atoms with van der Waals surface area (Å²) in [5, 5.41) is 12.2. The van der Waals surface area contributed by atoms with Crippen LogP contribution in [0.4, 0.5) is 5.69 Å². The number of aromatic nitrogens is 4. The van der Waals surface area contributed by atoms with Gasteiger partial charge in [0.25, 0.3) is 0 Å². The molecule has 20 heavy (non-hydrogen) atoms. The average Bonchev–Trinajstić information content (AvgIpc) is 2.94. The molecule has 0 bridgehead atoms. The van der Waals surface area contributed by atoms with Crippen molar-refractivity contribution in [2.75, 3.05) is 5.32 Å². The highest BCUT2D eigenvalue weighted by atomic mass is 35.5. The molecule has 6 heteroatoms. The quantitative estimate of drug-likeness (QED) is 0.889. The maximum atomic E-state index is 4.51. The van der Waals surface area contributed by atoms with Crippen molar-refractivity contribution in [1.82, 2.24) is 19.6 Å². The highest BCUT2D eigenvalue weighted by Gasteiger charge is 2.07. The Kier molecular flexibility index (Phi) is 6.07. The van der Waals surface area contributed by atoms with Gasteiger partial charge in [0.2, 0.25) is 0 Å². The van der Waals surface area contributed by atoms with Gasteiger partial charge in [-0.1, -0.05) is 6.92 Å². The summed E-state index contributed by atoms with van der Waals surface area (Å²) in [6, 6.07) is 0.403. The third-order valence-electron chi connectivity index (χ3n) is 3.12. The van der Waals surface area contributed by atoms with Crippen LogP contribution < -0.4 is 5.32 Å². The van der Waals surface area contributed by atoms with Crippen LogP contribution in [0.15, 0.2) is 18.6 Å². The molecule has 2 rings (SSSR count). The first kappa shape index (κ1) is 16.6. The summed E-state index contributed by atoms with van der Waals surface area (Å²) in [5.74, 6) is 0. The van der Waals surface area contributed by atoms with Gasteiger partial charge in [-0.2, -0.15) is 10.2 Å². The Hall–Kier alpha value is -1.49. The Bertz CT molecular complexity index is 529. The van der Waals surface area contributed by atoms with Gasteiger partial charge in [-0.05, 0) is 27.2 Å². The van der Waals surface area contributed by atoms with E-state index < -0.39 is 0 Å². The molecule has 0 unspecified atom stereocenters. The zero-order valence-electron chi connectivity index (χ0n) is 12.6. The lowest BCUT2D eigenvalue weighted by Gasteiger charge is -2.03. The summed E-state index contributed by atoms with van der Waals surface area (Å²) in [5.41, 5.74) is 3.38. The van der Waals surface area contributed by atoms with E-state index in [4.69, 9.17) is 0 Å². The molecule has 5 nitrogen and oxygen atoms in total.